The third kappa shape index (κ3) is 5.80. The molecule has 26 heavy (non-hydrogen) atoms. The van der Waals surface area contributed by atoms with Gasteiger partial charge in [0, 0.05) is 23.2 Å². The number of thiazole rings is 1. The van der Waals surface area contributed by atoms with E-state index >= 15 is 0 Å². The first-order valence-electron chi connectivity index (χ1n) is 8.18. The van der Waals surface area contributed by atoms with Crippen molar-refractivity contribution in [3.8, 4) is 11.5 Å². The molecule has 0 atom stereocenters. The molecule has 2 heterocycles. The molecule has 0 aliphatic heterocycles. The number of halogens is 1. The highest BCUT2D eigenvalue weighted by Crippen LogP contribution is 2.18. The van der Waals surface area contributed by atoms with Gasteiger partial charge in [-0.15, -0.1) is 35.3 Å². The van der Waals surface area contributed by atoms with Crippen molar-refractivity contribution in [2.45, 2.75) is 26.9 Å². The fraction of sp³-hybridized carbons (Fsp3) is 0.278. The number of hydrogen-bond acceptors (Lipinski definition) is 5. The average Bonchev–Trinajstić information content (AvgIpc) is 3.27. The minimum Gasteiger partial charge on any atom is -0.444 e. The Kier molecular flexibility index (Phi) is 8.05. The molecule has 3 rings (SSSR count). The molecule has 0 fully saturated rings. The SMILES string of the molecule is CCNC(=NCc1coc(-c2ccccc2)n1)NCc1cnc(C)s1.I. The maximum atomic E-state index is 5.55. The topological polar surface area (TPSA) is 75.3 Å². The summed E-state index contributed by atoms with van der Waals surface area (Å²) in [5, 5.41) is 7.61. The lowest BCUT2D eigenvalue weighted by atomic mass is 10.2. The van der Waals surface area contributed by atoms with E-state index in [2.05, 4.69) is 25.6 Å². The van der Waals surface area contributed by atoms with Gasteiger partial charge in [-0.25, -0.2) is 15.0 Å². The van der Waals surface area contributed by atoms with Crippen molar-refractivity contribution in [3.05, 3.63) is 58.4 Å². The van der Waals surface area contributed by atoms with Gasteiger partial charge in [-0.1, -0.05) is 18.2 Å². The highest BCUT2D eigenvalue weighted by molar-refractivity contribution is 14.0. The fourth-order valence-electron chi connectivity index (χ4n) is 2.25. The van der Waals surface area contributed by atoms with Crippen LogP contribution >= 0.6 is 35.3 Å². The molecule has 0 aliphatic carbocycles. The van der Waals surface area contributed by atoms with Crippen molar-refractivity contribution >= 4 is 41.3 Å². The zero-order chi connectivity index (χ0) is 17.5. The van der Waals surface area contributed by atoms with E-state index in [-0.39, 0.29) is 24.0 Å². The molecule has 3 aromatic rings. The number of oxazole rings is 1. The Morgan fingerprint density at radius 2 is 2.04 bits per heavy atom. The first-order chi connectivity index (χ1) is 12.2. The maximum Gasteiger partial charge on any atom is 0.226 e. The van der Waals surface area contributed by atoms with Crippen LogP contribution < -0.4 is 10.6 Å². The predicted octanol–water partition coefficient (Wildman–Crippen LogP) is 3.98. The summed E-state index contributed by atoms with van der Waals surface area (Å²) >= 11 is 1.68. The van der Waals surface area contributed by atoms with E-state index in [1.54, 1.807) is 17.6 Å². The lowest BCUT2D eigenvalue weighted by Crippen LogP contribution is -2.36. The Morgan fingerprint density at radius 3 is 2.73 bits per heavy atom. The number of hydrogen-bond donors (Lipinski definition) is 2. The summed E-state index contributed by atoms with van der Waals surface area (Å²) in [6.45, 7) is 5.99. The molecule has 138 valence electrons. The molecule has 0 saturated carbocycles. The number of aryl methyl sites for hydroxylation is 1. The lowest BCUT2D eigenvalue weighted by molar-refractivity contribution is 0.572. The molecule has 0 bridgehead atoms. The summed E-state index contributed by atoms with van der Waals surface area (Å²) < 4.78 is 5.55. The van der Waals surface area contributed by atoms with Crippen LogP contribution in [-0.4, -0.2) is 22.5 Å². The highest BCUT2D eigenvalue weighted by Gasteiger charge is 2.06. The van der Waals surface area contributed by atoms with Crippen LogP contribution in [0.4, 0.5) is 0 Å². The van der Waals surface area contributed by atoms with Gasteiger partial charge < -0.3 is 15.1 Å². The van der Waals surface area contributed by atoms with Crippen LogP contribution in [0.5, 0.6) is 0 Å². The summed E-state index contributed by atoms with van der Waals surface area (Å²) in [6, 6.07) is 9.84. The molecule has 6 nitrogen and oxygen atoms in total. The molecule has 0 aliphatic rings. The Hall–Kier alpha value is -1.94. The van der Waals surface area contributed by atoms with Gasteiger partial charge >= 0.3 is 0 Å². The quantitative estimate of drug-likeness (QED) is 0.315. The van der Waals surface area contributed by atoms with Crippen molar-refractivity contribution in [1.82, 2.24) is 20.6 Å². The van der Waals surface area contributed by atoms with E-state index in [1.165, 1.54) is 4.88 Å². The second-order valence-electron chi connectivity index (χ2n) is 5.40. The van der Waals surface area contributed by atoms with Gasteiger partial charge in [0.2, 0.25) is 5.89 Å². The fourth-order valence-corrected chi connectivity index (χ4v) is 2.99. The second-order valence-corrected chi connectivity index (χ2v) is 6.72. The maximum absolute atomic E-state index is 5.55. The van der Waals surface area contributed by atoms with Crippen LogP contribution in [0.3, 0.4) is 0 Å². The van der Waals surface area contributed by atoms with E-state index in [0.29, 0.717) is 19.0 Å². The zero-order valence-corrected chi connectivity index (χ0v) is 17.9. The molecule has 0 radical (unpaired) electrons. The molecule has 2 N–H and O–H groups in total. The van der Waals surface area contributed by atoms with Crippen LogP contribution in [0.2, 0.25) is 0 Å². The largest absolute Gasteiger partial charge is 0.444 e. The molecule has 0 spiro atoms. The summed E-state index contributed by atoms with van der Waals surface area (Å²) in [4.78, 5) is 14.5. The van der Waals surface area contributed by atoms with E-state index in [4.69, 9.17) is 4.42 Å². The van der Waals surface area contributed by atoms with Crippen LogP contribution in [0, 0.1) is 6.92 Å². The summed E-state index contributed by atoms with van der Waals surface area (Å²) in [7, 11) is 0. The van der Waals surface area contributed by atoms with Gasteiger partial charge in [-0.2, -0.15) is 0 Å². The van der Waals surface area contributed by atoms with Crippen molar-refractivity contribution in [2.24, 2.45) is 4.99 Å². The minimum atomic E-state index is 0. The van der Waals surface area contributed by atoms with E-state index in [1.807, 2.05) is 50.4 Å². The average molecular weight is 483 g/mol. The van der Waals surface area contributed by atoms with E-state index in [9.17, 15) is 0 Å². The third-order valence-corrected chi connectivity index (χ3v) is 4.33. The molecular formula is C18H22IN5OS. The van der Waals surface area contributed by atoms with Gasteiger partial charge in [0.25, 0.3) is 0 Å². The van der Waals surface area contributed by atoms with Gasteiger partial charge in [0.15, 0.2) is 5.96 Å². The third-order valence-electron chi connectivity index (χ3n) is 3.42. The normalized spacial score (nSPS) is 11.1. The summed E-state index contributed by atoms with van der Waals surface area (Å²) in [5.74, 6) is 1.36. The Balaban J connectivity index is 0.00000243. The smallest absolute Gasteiger partial charge is 0.226 e. The molecule has 0 unspecified atom stereocenters. The minimum absolute atomic E-state index is 0. The number of nitrogens with zero attached hydrogens (tertiary/aromatic N) is 3. The first-order valence-corrected chi connectivity index (χ1v) is 8.99. The Morgan fingerprint density at radius 1 is 1.23 bits per heavy atom. The number of rotatable bonds is 6. The van der Waals surface area contributed by atoms with Gasteiger partial charge in [-0.3, -0.25) is 0 Å². The highest BCUT2D eigenvalue weighted by atomic mass is 127. The van der Waals surface area contributed by atoms with E-state index < -0.39 is 0 Å². The lowest BCUT2D eigenvalue weighted by Gasteiger charge is -2.09. The predicted molar refractivity (Wildman–Crippen MR) is 116 cm³/mol. The number of aromatic nitrogens is 2. The summed E-state index contributed by atoms with van der Waals surface area (Å²) in [5.41, 5.74) is 1.76. The first kappa shape index (κ1) is 20.4. The molecule has 8 heteroatoms. The molecule has 2 aromatic heterocycles. The summed E-state index contributed by atoms with van der Waals surface area (Å²) in [6.07, 6.45) is 3.54. The molecule has 1 aromatic carbocycles. The number of aliphatic imine (C=N–C) groups is 1. The van der Waals surface area contributed by atoms with Crippen molar-refractivity contribution in [1.29, 1.82) is 0 Å². The van der Waals surface area contributed by atoms with Crippen molar-refractivity contribution in [2.75, 3.05) is 6.54 Å². The standard InChI is InChI=1S/C18H21N5OS.HI/c1-3-19-18(22-11-16-10-20-13(2)25-16)21-9-15-12-24-17(23-15)14-7-5-4-6-8-14;/h4-8,10,12H,3,9,11H2,1-2H3,(H2,19,21,22);1H. The second kappa shape index (κ2) is 10.3. The van der Waals surface area contributed by atoms with Crippen LogP contribution in [-0.2, 0) is 13.1 Å². The van der Waals surface area contributed by atoms with Crippen LogP contribution in [0.25, 0.3) is 11.5 Å². The van der Waals surface area contributed by atoms with E-state index in [0.717, 1.165) is 28.8 Å². The van der Waals surface area contributed by atoms with Crippen molar-refractivity contribution < 1.29 is 4.42 Å². The van der Waals surface area contributed by atoms with Gasteiger partial charge in [-0.05, 0) is 26.0 Å². The Bertz CT molecular complexity index is 831. The molecule has 0 amide bonds. The molecule has 0 saturated heterocycles. The van der Waals surface area contributed by atoms with Crippen LogP contribution in [0.15, 0.2) is 52.2 Å². The molecular weight excluding hydrogens is 461 g/mol. The van der Waals surface area contributed by atoms with Crippen molar-refractivity contribution in [3.63, 3.8) is 0 Å². The van der Waals surface area contributed by atoms with Gasteiger partial charge in [0.1, 0.15) is 12.0 Å². The number of nitrogens with one attached hydrogen (secondary N) is 2. The Labute approximate surface area is 174 Å². The number of benzene rings is 1. The zero-order valence-electron chi connectivity index (χ0n) is 14.7. The van der Waals surface area contributed by atoms with Crippen LogP contribution in [0.1, 0.15) is 22.5 Å². The number of guanidine groups is 1. The van der Waals surface area contributed by atoms with Gasteiger partial charge in [0.05, 0.1) is 18.1 Å². The monoisotopic (exact) mass is 483 g/mol.